The Morgan fingerprint density at radius 3 is 2.59 bits per heavy atom. The van der Waals surface area contributed by atoms with Crippen LogP contribution in [-0.4, -0.2) is 43.0 Å². The highest BCUT2D eigenvalue weighted by Gasteiger charge is 2.26. The Hall–Kier alpha value is -1.10. The molecule has 17 heavy (non-hydrogen) atoms. The Bertz CT molecular complexity index is 394. The van der Waals surface area contributed by atoms with Crippen LogP contribution in [0.3, 0.4) is 0 Å². The third kappa shape index (κ3) is 2.77. The molecule has 0 bridgehead atoms. The standard InChI is InChI=1S/C12H19N3OS/c1-9-8-13-12(17-9)15-6-4-10(5-7-15)11(16)14(2)3/h8,10H,4-7H2,1-3H3. The third-order valence-electron chi connectivity index (χ3n) is 3.16. The molecule has 94 valence electrons. The number of thiazole rings is 1. The summed E-state index contributed by atoms with van der Waals surface area (Å²) in [4.78, 5) is 21.5. The summed E-state index contributed by atoms with van der Waals surface area (Å²) in [5.41, 5.74) is 0. The molecular formula is C12H19N3OS. The van der Waals surface area contributed by atoms with E-state index >= 15 is 0 Å². The van der Waals surface area contributed by atoms with Crippen molar-refractivity contribution < 1.29 is 4.79 Å². The minimum absolute atomic E-state index is 0.197. The smallest absolute Gasteiger partial charge is 0.225 e. The largest absolute Gasteiger partial charge is 0.349 e. The lowest BCUT2D eigenvalue weighted by atomic mass is 9.96. The van der Waals surface area contributed by atoms with E-state index < -0.39 is 0 Å². The molecule has 0 atom stereocenters. The number of nitrogens with zero attached hydrogens (tertiary/aromatic N) is 3. The fourth-order valence-corrected chi connectivity index (χ4v) is 2.98. The Labute approximate surface area is 106 Å². The van der Waals surface area contributed by atoms with Gasteiger partial charge >= 0.3 is 0 Å². The average Bonchev–Trinajstić information content (AvgIpc) is 2.75. The number of hydrogen-bond acceptors (Lipinski definition) is 4. The van der Waals surface area contributed by atoms with Gasteiger partial charge in [-0.2, -0.15) is 0 Å². The molecular weight excluding hydrogens is 234 g/mol. The Balaban J connectivity index is 1.92. The summed E-state index contributed by atoms with van der Waals surface area (Å²) >= 11 is 1.73. The molecule has 5 heteroatoms. The van der Waals surface area contributed by atoms with Crippen molar-refractivity contribution in [3.8, 4) is 0 Å². The molecule has 1 saturated heterocycles. The zero-order valence-electron chi connectivity index (χ0n) is 10.6. The van der Waals surface area contributed by atoms with Crippen LogP contribution >= 0.6 is 11.3 Å². The first kappa shape index (κ1) is 12.4. The van der Waals surface area contributed by atoms with E-state index in [2.05, 4.69) is 16.8 Å². The highest BCUT2D eigenvalue weighted by Crippen LogP contribution is 2.27. The fraction of sp³-hybridized carbons (Fsp3) is 0.667. The molecule has 1 aliphatic heterocycles. The lowest BCUT2D eigenvalue weighted by Gasteiger charge is -2.32. The molecule has 1 amide bonds. The predicted octanol–water partition coefficient (Wildman–Crippen LogP) is 1.76. The SMILES string of the molecule is Cc1cnc(N2CCC(C(=O)N(C)C)CC2)s1. The van der Waals surface area contributed by atoms with Gasteiger partial charge in [-0.1, -0.05) is 0 Å². The topological polar surface area (TPSA) is 36.4 Å². The fourth-order valence-electron chi connectivity index (χ4n) is 2.17. The van der Waals surface area contributed by atoms with Crippen LogP contribution in [0.2, 0.25) is 0 Å². The van der Waals surface area contributed by atoms with Crippen LogP contribution in [0.15, 0.2) is 6.20 Å². The lowest BCUT2D eigenvalue weighted by Crippen LogP contribution is -2.40. The first-order chi connectivity index (χ1) is 8.08. The highest BCUT2D eigenvalue weighted by molar-refractivity contribution is 7.15. The van der Waals surface area contributed by atoms with Gasteiger partial charge in [0.1, 0.15) is 0 Å². The minimum Gasteiger partial charge on any atom is -0.349 e. The molecule has 1 aromatic rings. The van der Waals surface area contributed by atoms with Crippen molar-refractivity contribution in [2.45, 2.75) is 19.8 Å². The summed E-state index contributed by atoms with van der Waals surface area (Å²) in [6.45, 7) is 3.96. The van der Waals surface area contributed by atoms with E-state index in [1.165, 1.54) is 4.88 Å². The maximum atomic E-state index is 11.8. The summed E-state index contributed by atoms with van der Waals surface area (Å²) in [6, 6.07) is 0. The summed E-state index contributed by atoms with van der Waals surface area (Å²) in [5.74, 6) is 0.460. The minimum atomic E-state index is 0.197. The van der Waals surface area contributed by atoms with Crippen molar-refractivity contribution >= 4 is 22.4 Å². The first-order valence-electron chi connectivity index (χ1n) is 5.96. The van der Waals surface area contributed by atoms with Crippen molar-refractivity contribution in [2.75, 3.05) is 32.1 Å². The van der Waals surface area contributed by atoms with E-state index in [0.29, 0.717) is 0 Å². The van der Waals surface area contributed by atoms with Crippen LogP contribution < -0.4 is 4.90 Å². The first-order valence-corrected chi connectivity index (χ1v) is 6.78. The molecule has 1 fully saturated rings. The van der Waals surface area contributed by atoms with Crippen molar-refractivity contribution in [3.05, 3.63) is 11.1 Å². The molecule has 4 nitrogen and oxygen atoms in total. The monoisotopic (exact) mass is 253 g/mol. The molecule has 1 aromatic heterocycles. The summed E-state index contributed by atoms with van der Waals surface area (Å²) in [5, 5.41) is 1.10. The summed E-state index contributed by atoms with van der Waals surface area (Å²) in [6.07, 6.45) is 3.79. The van der Waals surface area contributed by atoms with Gasteiger partial charge < -0.3 is 9.80 Å². The molecule has 2 heterocycles. The number of carbonyl (C=O) groups excluding carboxylic acids is 1. The second-order valence-electron chi connectivity index (χ2n) is 4.75. The third-order valence-corrected chi connectivity index (χ3v) is 4.14. The molecule has 0 aromatic carbocycles. The molecule has 0 unspecified atom stereocenters. The van der Waals surface area contributed by atoms with Gasteiger partial charge in [0.05, 0.1) is 0 Å². The molecule has 0 N–H and O–H groups in total. The van der Waals surface area contributed by atoms with Gasteiger partial charge in [0.25, 0.3) is 0 Å². The van der Waals surface area contributed by atoms with Crippen molar-refractivity contribution in [1.29, 1.82) is 0 Å². The number of aromatic nitrogens is 1. The van der Waals surface area contributed by atoms with Crippen molar-refractivity contribution in [2.24, 2.45) is 5.92 Å². The summed E-state index contributed by atoms with van der Waals surface area (Å²) < 4.78 is 0. The number of aryl methyl sites for hydroxylation is 1. The van der Waals surface area contributed by atoms with Gasteiger partial charge in [-0.05, 0) is 19.8 Å². The van der Waals surface area contributed by atoms with E-state index in [0.717, 1.165) is 31.1 Å². The van der Waals surface area contributed by atoms with E-state index in [1.807, 2.05) is 20.3 Å². The number of hydrogen-bond donors (Lipinski definition) is 0. The normalized spacial score (nSPS) is 17.2. The Kier molecular flexibility index (Phi) is 3.66. The quantitative estimate of drug-likeness (QED) is 0.806. The van der Waals surface area contributed by atoms with E-state index in [-0.39, 0.29) is 11.8 Å². The average molecular weight is 253 g/mol. The van der Waals surface area contributed by atoms with Gasteiger partial charge in [-0.15, -0.1) is 11.3 Å². The Morgan fingerprint density at radius 2 is 2.12 bits per heavy atom. The van der Waals surface area contributed by atoms with Gasteiger partial charge in [-0.25, -0.2) is 4.98 Å². The summed E-state index contributed by atoms with van der Waals surface area (Å²) in [7, 11) is 3.66. The van der Waals surface area contributed by atoms with Crippen molar-refractivity contribution in [3.63, 3.8) is 0 Å². The number of piperidine rings is 1. The van der Waals surface area contributed by atoms with Gasteiger partial charge in [0.2, 0.25) is 5.91 Å². The molecule has 2 rings (SSSR count). The van der Waals surface area contributed by atoms with E-state index in [9.17, 15) is 4.79 Å². The van der Waals surface area contributed by atoms with Crippen LogP contribution in [0, 0.1) is 12.8 Å². The second-order valence-corrected chi connectivity index (χ2v) is 5.96. The molecule has 0 saturated carbocycles. The number of amides is 1. The zero-order valence-corrected chi connectivity index (χ0v) is 11.5. The highest BCUT2D eigenvalue weighted by atomic mass is 32.1. The number of anilines is 1. The van der Waals surface area contributed by atoms with Crippen LogP contribution in [0.1, 0.15) is 17.7 Å². The maximum absolute atomic E-state index is 11.8. The Morgan fingerprint density at radius 1 is 1.47 bits per heavy atom. The lowest BCUT2D eigenvalue weighted by molar-refractivity contribution is -0.133. The molecule has 0 spiro atoms. The maximum Gasteiger partial charge on any atom is 0.225 e. The van der Waals surface area contributed by atoms with Gasteiger partial charge in [-0.3, -0.25) is 4.79 Å². The van der Waals surface area contributed by atoms with Gasteiger partial charge in [0.15, 0.2) is 5.13 Å². The van der Waals surface area contributed by atoms with E-state index in [4.69, 9.17) is 0 Å². The van der Waals surface area contributed by atoms with E-state index in [1.54, 1.807) is 16.2 Å². The molecule has 0 radical (unpaired) electrons. The van der Waals surface area contributed by atoms with Gasteiger partial charge in [0, 0.05) is 44.2 Å². The molecule has 1 aliphatic rings. The van der Waals surface area contributed by atoms with Crippen LogP contribution in [0.5, 0.6) is 0 Å². The zero-order chi connectivity index (χ0) is 12.4. The molecule has 0 aliphatic carbocycles. The van der Waals surface area contributed by atoms with Crippen LogP contribution in [0.4, 0.5) is 5.13 Å². The second kappa shape index (κ2) is 5.04. The van der Waals surface area contributed by atoms with Crippen LogP contribution in [-0.2, 0) is 4.79 Å². The number of rotatable bonds is 2. The van der Waals surface area contributed by atoms with Crippen LogP contribution in [0.25, 0.3) is 0 Å². The number of carbonyl (C=O) groups is 1. The van der Waals surface area contributed by atoms with Crippen molar-refractivity contribution in [1.82, 2.24) is 9.88 Å². The predicted molar refractivity (Wildman–Crippen MR) is 70.5 cm³/mol.